The maximum absolute atomic E-state index is 13.9. The molecule has 0 bridgehead atoms. The maximum atomic E-state index is 13.9. The van der Waals surface area contributed by atoms with Crippen LogP contribution in [0.4, 0.5) is 4.39 Å². The first-order valence-electron chi connectivity index (χ1n) is 5.96. The first-order valence-corrected chi connectivity index (χ1v) is 5.96. The monoisotopic (exact) mass is 245 g/mol. The second-order valence-corrected chi connectivity index (χ2v) is 4.37. The van der Waals surface area contributed by atoms with E-state index in [9.17, 15) is 4.39 Å². The quantitative estimate of drug-likeness (QED) is 0.900. The van der Waals surface area contributed by atoms with E-state index in [0.29, 0.717) is 24.0 Å². The molecule has 0 saturated carbocycles. The molecular formula is C14H16FN3. The second kappa shape index (κ2) is 5.69. The van der Waals surface area contributed by atoms with Gasteiger partial charge in [0.1, 0.15) is 5.82 Å². The molecule has 0 fully saturated rings. The largest absolute Gasteiger partial charge is 0.310 e. The number of hydrogen-bond donors (Lipinski definition) is 1. The van der Waals surface area contributed by atoms with Crippen molar-refractivity contribution < 1.29 is 4.39 Å². The van der Waals surface area contributed by atoms with Crippen LogP contribution in [-0.2, 0) is 6.54 Å². The van der Waals surface area contributed by atoms with Crippen molar-refractivity contribution in [1.82, 2.24) is 15.3 Å². The van der Waals surface area contributed by atoms with Crippen LogP contribution in [0.25, 0.3) is 11.4 Å². The van der Waals surface area contributed by atoms with Gasteiger partial charge in [0.2, 0.25) is 0 Å². The van der Waals surface area contributed by atoms with E-state index in [1.54, 1.807) is 24.5 Å². The Hall–Kier alpha value is -1.81. The van der Waals surface area contributed by atoms with Gasteiger partial charge < -0.3 is 5.32 Å². The molecule has 1 aromatic heterocycles. The van der Waals surface area contributed by atoms with Gasteiger partial charge in [-0.1, -0.05) is 26.0 Å². The van der Waals surface area contributed by atoms with E-state index >= 15 is 0 Å². The molecule has 0 unspecified atom stereocenters. The van der Waals surface area contributed by atoms with E-state index in [-0.39, 0.29) is 5.82 Å². The van der Waals surface area contributed by atoms with Crippen LogP contribution < -0.4 is 5.32 Å². The summed E-state index contributed by atoms with van der Waals surface area (Å²) in [6.45, 7) is 4.52. The normalized spacial score (nSPS) is 10.9. The van der Waals surface area contributed by atoms with Crippen molar-refractivity contribution in [2.75, 3.05) is 0 Å². The van der Waals surface area contributed by atoms with Crippen molar-refractivity contribution in [1.29, 1.82) is 0 Å². The third-order valence-electron chi connectivity index (χ3n) is 2.61. The van der Waals surface area contributed by atoms with E-state index in [4.69, 9.17) is 0 Å². The lowest BCUT2D eigenvalue weighted by atomic mass is 10.1. The summed E-state index contributed by atoms with van der Waals surface area (Å²) in [7, 11) is 0. The summed E-state index contributed by atoms with van der Waals surface area (Å²) in [6, 6.07) is 7.03. The molecule has 0 spiro atoms. The molecule has 3 nitrogen and oxygen atoms in total. The Morgan fingerprint density at radius 2 is 1.89 bits per heavy atom. The molecule has 1 aromatic carbocycles. The molecule has 1 heterocycles. The molecule has 2 aromatic rings. The molecule has 0 amide bonds. The second-order valence-electron chi connectivity index (χ2n) is 4.37. The number of aromatic nitrogens is 2. The van der Waals surface area contributed by atoms with Crippen molar-refractivity contribution in [2.24, 2.45) is 0 Å². The summed E-state index contributed by atoms with van der Waals surface area (Å²) in [5, 5.41) is 3.22. The van der Waals surface area contributed by atoms with Gasteiger partial charge in [0.25, 0.3) is 0 Å². The molecular weight excluding hydrogens is 229 g/mol. The van der Waals surface area contributed by atoms with Crippen LogP contribution in [0.5, 0.6) is 0 Å². The SMILES string of the molecule is CC(C)NCc1c(F)cccc1-c1ncccn1. The summed E-state index contributed by atoms with van der Waals surface area (Å²) in [6.07, 6.45) is 3.32. The van der Waals surface area contributed by atoms with Crippen LogP contribution in [-0.4, -0.2) is 16.0 Å². The molecule has 0 saturated heterocycles. The predicted octanol–water partition coefficient (Wildman–Crippen LogP) is 2.78. The number of benzene rings is 1. The Morgan fingerprint density at radius 1 is 1.17 bits per heavy atom. The first kappa shape index (κ1) is 12.6. The van der Waals surface area contributed by atoms with E-state index in [2.05, 4.69) is 15.3 Å². The van der Waals surface area contributed by atoms with Crippen LogP contribution in [0.2, 0.25) is 0 Å². The minimum absolute atomic E-state index is 0.229. The van der Waals surface area contributed by atoms with Crippen molar-refractivity contribution in [3.05, 3.63) is 48.0 Å². The third-order valence-corrected chi connectivity index (χ3v) is 2.61. The fraction of sp³-hybridized carbons (Fsp3) is 0.286. The van der Waals surface area contributed by atoms with Gasteiger partial charge in [0, 0.05) is 36.1 Å². The van der Waals surface area contributed by atoms with E-state index in [1.807, 2.05) is 19.9 Å². The molecule has 94 valence electrons. The fourth-order valence-corrected chi connectivity index (χ4v) is 1.69. The standard InChI is InChI=1S/C14H16FN3/c1-10(2)18-9-12-11(5-3-6-13(12)15)14-16-7-4-8-17-14/h3-8,10,18H,9H2,1-2H3. The van der Waals surface area contributed by atoms with Crippen LogP contribution in [0, 0.1) is 5.82 Å². The molecule has 4 heteroatoms. The van der Waals surface area contributed by atoms with Crippen molar-refractivity contribution in [3.8, 4) is 11.4 Å². The van der Waals surface area contributed by atoms with Gasteiger partial charge in [-0.2, -0.15) is 0 Å². The van der Waals surface area contributed by atoms with Gasteiger partial charge in [-0.25, -0.2) is 14.4 Å². The zero-order chi connectivity index (χ0) is 13.0. The van der Waals surface area contributed by atoms with E-state index < -0.39 is 0 Å². The zero-order valence-electron chi connectivity index (χ0n) is 10.5. The highest BCUT2D eigenvalue weighted by Gasteiger charge is 2.11. The lowest BCUT2D eigenvalue weighted by Crippen LogP contribution is -2.23. The van der Waals surface area contributed by atoms with Gasteiger partial charge in [0.15, 0.2) is 5.82 Å². The highest BCUT2D eigenvalue weighted by Crippen LogP contribution is 2.22. The molecule has 0 radical (unpaired) electrons. The summed E-state index contributed by atoms with van der Waals surface area (Å²) in [4.78, 5) is 8.34. The van der Waals surface area contributed by atoms with Crippen LogP contribution >= 0.6 is 0 Å². The predicted molar refractivity (Wildman–Crippen MR) is 69.4 cm³/mol. The molecule has 2 rings (SSSR count). The Morgan fingerprint density at radius 3 is 2.56 bits per heavy atom. The molecule has 0 atom stereocenters. The van der Waals surface area contributed by atoms with Crippen LogP contribution in [0.3, 0.4) is 0 Å². The van der Waals surface area contributed by atoms with Crippen molar-refractivity contribution in [3.63, 3.8) is 0 Å². The molecule has 1 N–H and O–H groups in total. The fourth-order valence-electron chi connectivity index (χ4n) is 1.69. The lowest BCUT2D eigenvalue weighted by molar-refractivity contribution is 0.554. The maximum Gasteiger partial charge on any atom is 0.159 e. The Kier molecular flexibility index (Phi) is 3.99. The smallest absolute Gasteiger partial charge is 0.159 e. The van der Waals surface area contributed by atoms with Gasteiger partial charge in [0.05, 0.1) is 0 Å². The Bertz CT molecular complexity index is 512. The third kappa shape index (κ3) is 2.90. The number of nitrogens with one attached hydrogen (secondary N) is 1. The average Bonchev–Trinajstić information content (AvgIpc) is 2.38. The van der Waals surface area contributed by atoms with Crippen molar-refractivity contribution >= 4 is 0 Å². The van der Waals surface area contributed by atoms with Gasteiger partial charge in [-0.15, -0.1) is 0 Å². The summed E-state index contributed by atoms with van der Waals surface area (Å²) >= 11 is 0. The first-order chi connectivity index (χ1) is 8.68. The van der Waals surface area contributed by atoms with Crippen LogP contribution in [0.15, 0.2) is 36.7 Å². The van der Waals surface area contributed by atoms with E-state index in [1.165, 1.54) is 6.07 Å². The van der Waals surface area contributed by atoms with Gasteiger partial charge in [-0.05, 0) is 12.1 Å². The zero-order valence-corrected chi connectivity index (χ0v) is 10.5. The number of nitrogens with zero attached hydrogens (tertiary/aromatic N) is 2. The van der Waals surface area contributed by atoms with Gasteiger partial charge >= 0.3 is 0 Å². The van der Waals surface area contributed by atoms with E-state index in [0.717, 1.165) is 5.56 Å². The minimum atomic E-state index is -0.229. The molecule has 18 heavy (non-hydrogen) atoms. The number of rotatable bonds is 4. The summed E-state index contributed by atoms with van der Waals surface area (Å²) in [5.41, 5.74) is 1.35. The number of hydrogen-bond acceptors (Lipinski definition) is 3. The molecule has 0 aliphatic carbocycles. The highest BCUT2D eigenvalue weighted by molar-refractivity contribution is 5.60. The summed E-state index contributed by atoms with van der Waals surface area (Å²) in [5.74, 6) is 0.325. The molecule has 0 aliphatic rings. The van der Waals surface area contributed by atoms with Crippen molar-refractivity contribution in [2.45, 2.75) is 26.4 Å². The van der Waals surface area contributed by atoms with Crippen LogP contribution in [0.1, 0.15) is 19.4 Å². The topological polar surface area (TPSA) is 37.8 Å². The highest BCUT2D eigenvalue weighted by atomic mass is 19.1. The van der Waals surface area contributed by atoms with Gasteiger partial charge in [-0.3, -0.25) is 0 Å². The number of halogens is 1. The molecule has 0 aliphatic heterocycles. The Labute approximate surface area is 106 Å². The lowest BCUT2D eigenvalue weighted by Gasteiger charge is -2.12. The Balaban J connectivity index is 2.38. The average molecular weight is 245 g/mol. The summed E-state index contributed by atoms with van der Waals surface area (Å²) < 4.78 is 13.9. The minimum Gasteiger partial charge on any atom is -0.310 e.